The van der Waals surface area contributed by atoms with E-state index in [1.165, 1.54) is 12.8 Å². The Labute approximate surface area is 151 Å². The van der Waals surface area contributed by atoms with Crippen molar-refractivity contribution in [2.24, 2.45) is 0 Å². The van der Waals surface area contributed by atoms with Crippen LogP contribution in [0.1, 0.15) is 68.2 Å². The molecule has 0 fully saturated rings. The summed E-state index contributed by atoms with van der Waals surface area (Å²) in [6.45, 7) is 20.2. The Kier molecular flexibility index (Phi) is 14.4. The van der Waals surface area contributed by atoms with Crippen molar-refractivity contribution in [3.05, 3.63) is 0 Å². The van der Waals surface area contributed by atoms with Gasteiger partial charge in [0.05, 0.1) is 0 Å². The lowest BCUT2D eigenvalue weighted by Gasteiger charge is -2.39. The van der Waals surface area contributed by atoms with Crippen molar-refractivity contribution in [1.82, 2.24) is 19.9 Å². The van der Waals surface area contributed by atoms with Gasteiger partial charge in [0.2, 0.25) is 0 Å². The molecule has 0 atom stereocenters. The van der Waals surface area contributed by atoms with Crippen molar-refractivity contribution in [2.75, 3.05) is 13.1 Å². The molecule has 0 radical (unpaired) electrons. The molecule has 3 N–H and O–H groups in total. The van der Waals surface area contributed by atoms with E-state index in [1.54, 1.807) is 0 Å². The Hall–Kier alpha value is 1.00. The fourth-order valence-corrected chi connectivity index (χ4v) is 6.36. The highest BCUT2D eigenvalue weighted by molar-refractivity contribution is 7.67. The zero-order valence-electron chi connectivity index (χ0n) is 15.3. The second-order valence-corrected chi connectivity index (χ2v) is 9.05. The van der Waals surface area contributed by atoms with Crippen LogP contribution in [0.2, 0.25) is 0 Å². The molecule has 0 aromatic carbocycles. The number of hydrogen-bond acceptors (Lipinski definition) is 4. The van der Waals surface area contributed by atoms with Gasteiger partial charge >= 0.3 is 7.87 Å². The van der Waals surface area contributed by atoms with E-state index in [1.807, 2.05) is 0 Å². The molecule has 21 heavy (non-hydrogen) atoms. The summed E-state index contributed by atoms with van der Waals surface area (Å²) in [5.41, 5.74) is 0. The largest absolute Gasteiger partial charge is 1.00 e. The molecular weight excluding hydrogens is 394 g/mol. The molecule has 0 unspecified atom stereocenters. The number of nitrogens with zero attached hydrogens (tertiary/aromatic N) is 1. The van der Waals surface area contributed by atoms with Gasteiger partial charge in [-0.3, -0.25) is 0 Å². The summed E-state index contributed by atoms with van der Waals surface area (Å²) in [4.78, 5) is 0. The highest BCUT2D eigenvalue weighted by Crippen LogP contribution is 2.51. The van der Waals surface area contributed by atoms with Gasteiger partial charge in [0.1, 0.15) is 0 Å². The van der Waals surface area contributed by atoms with E-state index in [0.717, 1.165) is 13.1 Å². The average molecular weight is 432 g/mol. The molecule has 0 heterocycles. The maximum atomic E-state index is 3.84. The lowest BCUT2D eigenvalue weighted by Crippen LogP contribution is -3.00. The predicted molar refractivity (Wildman–Crippen MR) is 93.9 cm³/mol. The Balaban J connectivity index is 0. The van der Waals surface area contributed by atoms with E-state index in [9.17, 15) is 0 Å². The van der Waals surface area contributed by atoms with Crippen LogP contribution in [0.3, 0.4) is 0 Å². The summed E-state index contributed by atoms with van der Waals surface area (Å²) in [6.07, 6.45) is 2.36. The first kappa shape index (κ1) is 24.3. The van der Waals surface area contributed by atoms with Crippen LogP contribution < -0.4 is 39.2 Å². The van der Waals surface area contributed by atoms with Crippen molar-refractivity contribution in [3.8, 4) is 0 Å². The maximum absolute atomic E-state index is 3.84. The van der Waals surface area contributed by atoms with Crippen molar-refractivity contribution in [2.45, 2.75) is 86.4 Å². The lowest BCUT2D eigenvalue weighted by molar-refractivity contribution is -0.00000587. The van der Waals surface area contributed by atoms with Crippen molar-refractivity contribution in [1.29, 1.82) is 0 Å². The van der Waals surface area contributed by atoms with Gasteiger partial charge in [-0.2, -0.15) is 0 Å². The van der Waals surface area contributed by atoms with E-state index in [0.29, 0.717) is 18.1 Å². The van der Waals surface area contributed by atoms with Crippen LogP contribution in [0.25, 0.3) is 0 Å². The minimum Gasteiger partial charge on any atom is -1.00 e. The average Bonchev–Trinajstić information content (AvgIpc) is 2.25. The van der Waals surface area contributed by atoms with Crippen LogP contribution in [-0.4, -0.2) is 35.9 Å². The summed E-state index contributed by atoms with van der Waals surface area (Å²) in [7, 11) is -1.72. The fraction of sp³-hybridized carbons (Fsp3) is 1.00. The van der Waals surface area contributed by atoms with E-state index < -0.39 is 7.87 Å². The molecular formula is C15H38IN4P. The Morgan fingerprint density at radius 1 is 0.714 bits per heavy atom. The minimum atomic E-state index is -1.72. The molecule has 0 bridgehead atoms. The summed E-state index contributed by atoms with van der Waals surface area (Å²) in [6, 6.07) is 1.37. The van der Waals surface area contributed by atoms with Crippen LogP contribution in [0.5, 0.6) is 0 Å². The highest BCUT2D eigenvalue weighted by Gasteiger charge is 2.47. The van der Waals surface area contributed by atoms with E-state index >= 15 is 0 Å². The molecule has 0 aliphatic rings. The van der Waals surface area contributed by atoms with Gasteiger partial charge in [-0.15, -0.1) is 19.9 Å². The predicted octanol–water partition coefficient (Wildman–Crippen LogP) is 0.784. The molecule has 0 spiro atoms. The van der Waals surface area contributed by atoms with Crippen LogP contribution >= 0.6 is 7.87 Å². The van der Waals surface area contributed by atoms with E-state index in [-0.39, 0.29) is 24.0 Å². The first-order valence-corrected chi connectivity index (χ1v) is 9.99. The summed E-state index contributed by atoms with van der Waals surface area (Å²) < 4.78 is 2.62. The van der Waals surface area contributed by atoms with Gasteiger partial charge in [-0.05, 0) is 54.4 Å². The summed E-state index contributed by atoms with van der Waals surface area (Å²) >= 11 is 0. The van der Waals surface area contributed by atoms with Gasteiger partial charge in [-0.1, -0.05) is 13.8 Å². The van der Waals surface area contributed by atoms with E-state index in [4.69, 9.17) is 0 Å². The normalized spacial score (nSPS) is 12.6. The molecule has 0 aromatic heterocycles. The van der Waals surface area contributed by atoms with Gasteiger partial charge in [0, 0.05) is 31.2 Å². The second kappa shape index (κ2) is 12.4. The van der Waals surface area contributed by atoms with Crippen molar-refractivity contribution >= 4 is 7.87 Å². The zero-order valence-corrected chi connectivity index (χ0v) is 18.4. The van der Waals surface area contributed by atoms with Gasteiger partial charge in [0.15, 0.2) is 0 Å². The fourth-order valence-electron chi connectivity index (χ4n) is 2.41. The van der Waals surface area contributed by atoms with E-state index in [2.05, 4.69) is 75.3 Å². The zero-order chi connectivity index (χ0) is 15.8. The maximum Gasteiger partial charge on any atom is 0.301 e. The Morgan fingerprint density at radius 2 is 1.00 bits per heavy atom. The number of halogens is 1. The number of hydrogen-bond donors (Lipinski definition) is 3. The smallest absolute Gasteiger partial charge is 0.301 e. The quantitative estimate of drug-likeness (QED) is 0.334. The Morgan fingerprint density at radius 3 is 1.19 bits per heavy atom. The molecule has 0 aromatic rings. The third-order valence-corrected chi connectivity index (χ3v) is 6.64. The SMILES string of the molecule is CCCN(CCC)[P+](NC(C)C)(NC(C)C)NC(C)C.[I-]. The molecule has 4 nitrogen and oxygen atoms in total. The lowest BCUT2D eigenvalue weighted by atomic mass is 10.4. The molecule has 0 saturated heterocycles. The summed E-state index contributed by atoms with van der Waals surface area (Å²) in [5, 5.41) is 11.5. The third kappa shape index (κ3) is 9.67. The van der Waals surface area contributed by atoms with Crippen molar-refractivity contribution in [3.63, 3.8) is 0 Å². The number of rotatable bonds is 11. The molecule has 0 saturated carbocycles. The first-order chi connectivity index (χ1) is 9.27. The van der Waals surface area contributed by atoms with Gasteiger partial charge in [-0.25, -0.2) is 0 Å². The standard InChI is InChI=1S/C15H38N4P.HI/c1-9-11-19(12-10-2)20(16-13(3)4,17-14(5)6)18-15(7)8;/h13-18H,9-12H2,1-8H3;1H/q+1;/p-1. The van der Waals surface area contributed by atoms with Crippen LogP contribution in [0.15, 0.2) is 0 Å². The van der Waals surface area contributed by atoms with Crippen molar-refractivity contribution < 1.29 is 24.0 Å². The van der Waals surface area contributed by atoms with Gasteiger partial charge < -0.3 is 24.0 Å². The molecule has 0 aliphatic heterocycles. The molecule has 0 rings (SSSR count). The van der Waals surface area contributed by atoms with Gasteiger partial charge in [0.25, 0.3) is 0 Å². The minimum absolute atomic E-state index is 0. The second-order valence-electron chi connectivity index (χ2n) is 6.44. The van der Waals surface area contributed by atoms with Crippen LogP contribution in [0, 0.1) is 0 Å². The monoisotopic (exact) mass is 432 g/mol. The topological polar surface area (TPSA) is 39.3 Å². The van der Waals surface area contributed by atoms with Crippen LogP contribution in [-0.2, 0) is 0 Å². The molecule has 0 amide bonds. The summed E-state index contributed by atoms with van der Waals surface area (Å²) in [5.74, 6) is 0. The Bertz CT molecular complexity index is 217. The molecule has 0 aliphatic carbocycles. The molecule has 6 heteroatoms. The number of nitrogens with one attached hydrogen (secondary N) is 3. The first-order valence-electron chi connectivity index (χ1n) is 8.25. The third-order valence-electron chi connectivity index (χ3n) is 2.72. The highest BCUT2D eigenvalue weighted by atomic mass is 127. The van der Waals surface area contributed by atoms with Crippen LogP contribution in [0.4, 0.5) is 0 Å². The molecule has 130 valence electrons.